The van der Waals surface area contributed by atoms with Crippen molar-refractivity contribution < 1.29 is 9.05 Å². The van der Waals surface area contributed by atoms with Crippen LogP contribution in [0.4, 0.5) is 0 Å². The molecule has 2 aliphatic rings. The SMILES string of the molecule is c1ccc(CC(c2ccccc2)P23(Oc4cccc5cccc2c45)Oc2cccc4cccc3c24)cc1. The maximum absolute atomic E-state index is 7.53. The van der Waals surface area contributed by atoms with Gasteiger partial charge in [0.15, 0.2) is 0 Å². The van der Waals surface area contributed by atoms with Gasteiger partial charge in [0.25, 0.3) is 0 Å². The Hall–Kier alpha value is -4.13. The normalized spacial score (nSPS) is 17.7. The zero-order chi connectivity index (χ0) is 24.5. The fourth-order valence-electron chi connectivity index (χ4n) is 6.70. The molecule has 6 aromatic carbocycles. The topological polar surface area (TPSA) is 18.5 Å². The Labute approximate surface area is 216 Å². The van der Waals surface area contributed by atoms with Gasteiger partial charge < -0.3 is 0 Å². The quantitative estimate of drug-likeness (QED) is 0.230. The summed E-state index contributed by atoms with van der Waals surface area (Å²) in [4.78, 5) is 0. The van der Waals surface area contributed by atoms with Crippen LogP contribution in [0.1, 0.15) is 16.8 Å². The van der Waals surface area contributed by atoms with E-state index in [0.717, 1.165) is 17.9 Å². The molecule has 0 bridgehead atoms. The van der Waals surface area contributed by atoms with Crippen molar-refractivity contribution in [3.8, 4) is 11.5 Å². The molecule has 0 N–H and O–H groups in total. The molecule has 178 valence electrons. The first-order valence-electron chi connectivity index (χ1n) is 12.8. The van der Waals surface area contributed by atoms with Crippen molar-refractivity contribution in [2.45, 2.75) is 12.1 Å². The average Bonchev–Trinajstić information content (AvgIpc) is 3.42. The van der Waals surface area contributed by atoms with E-state index < -0.39 is 7.06 Å². The molecule has 2 nitrogen and oxygen atoms in total. The Bertz CT molecular complexity index is 1720. The first-order valence-corrected chi connectivity index (χ1v) is 15.0. The van der Waals surface area contributed by atoms with E-state index >= 15 is 0 Å². The van der Waals surface area contributed by atoms with Crippen molar-refractivity contribution >= 4 is 39.2 Å². The van der Waals surface area contributed by atoms with Gasteiger partial charge in [0, 0.05) is 0 Å². The molecule has 1 unspecified atom stereocenters. The van der Waals surface area contributed by atoms with Crippen molar-refractivity contribution in [2.24, 2.45) is 0 Å². The van der Waals surface area contributed by atoms with Crippen molar-refractivity contribution in [1.82, 2.24) is 0 Å². The molecule has 37 heavy (non-hydrogen) atoms. The molecule has 0 saturated heterocycles. The summed E-state index contributed by atoms with van der Waals surface area (Å²) in [7, 11) is -3.81. The molecule has 0 aromatic heterocycles. The number of benzene rings is 6. The summed E-state index contributed by atoms with van der Waals surface area (Å²) in [6.07, 6.45) is 0.803. The summed E-state index contributed by atoms with van der Waals surface area (Å²) in [5.74, 6) is 1.84. The summed E-state index contributed by atoms with van der Waals surface area (Å²) < 4.78 is 15.1. The number of rotatable bonds is 4. The Morgan fingerprint density at radius 2 is 0.973 bits per heavy atom. The second kappa shape index (κ2) is 7.44. The van der Waals surface area contributed by atoms with Gasteiger partial charge in [-0.3, -0.25) is 0 Å². The van der Waals surface area contributed by atoms with Gasteiger partial charge in [0.05, 0.1) is 0 Å². The summed E-state index contributed by atoms with van der Waals surface area (Å²) in [5, 5.41) is 7.15. The predicted octanol–water partition coefficient (Wildman–Crippen LogP) is 8.10. The van der Waals surface area contributed by atoms with Crippen molar-refractivity contribution in [3.05, 3.63) is 145 Å². The van der Waals surface area contributed by atoms with E-state index in [2.05, 4.69) is 133 Å². The Morgan fingerprint density at radius 1 is 0.486 bits per heavy atom. The minimum atomic E-state index is -3.81. The molecule has 0 amide bonds. The molecule has 1 spiro atoms. The number of hydrogen-bond acceptors (Lipinski definition) is 2. The molecule has 0 saturated carbocycles. The second-order valence-corrected chi connectivity index (χ2v) is 14.1. The van der Waals surface area contributed by atoms with E-state index in [9.17, 15) is 0 Å². The average molecular weight is 497 g/mol. The van der Waals surface area contributed by atoms with Gasteiger partial charge in [-0.25, -0.2) is 0 Å². The van der Waals surface area contributed by atoms with Gasteiger partial charge in [-0.15, -0.1) is 0 Å². The van der Waals surface area contributed by atoms with Gasteiger partial charge in [0.1, 0.15) is 0 Å². The van der Waals surface area contributed by atoms with Crippen LogP contribution in [-0.2, 0) is 6.42 Å². The third-order valence-electron chi connectivity index (χ3n) is 8.18. The number of hydrogen-bond donors (Lipinski definition) is 0. The first kappa shape index (κ1) is 21.0. The van der Waals surface area contributed by atoms with Crippen molar-refractivity contribution in [1.29, 1.82) is 0 Å². The Morgan fingerprint density at radius 3 is 1.51 bits per heavy atom. The van der Waals surface area contributed by atoms with E-state index in [-0.39, 0.29) is 5.66 Å². The van der Waals surface area contributed by atoms with Crippen LogP contribution in [0, 0.1) is 0 Å². The van der Waals surface area contributed by atoms with Gasteiger partial charge in [0.2, 0.25) is 0 Å². The minimum absolute atomic E-state index is 0.0365. The van der Waals surface area contributed by atoms with E-state index in [1.54, 1.807) is 0 Å². The first-order chi connectivity index (χ1) is 18.3. The van der Waals surface area contributed by atoms with Crippen LogP contribution >= 0.6 is 7.06 Å². The molecule has 0 aliphatic carbocycles. The molecule has 0 radical (unpaired) electrons. The maximum atomic E-state index is 7.53. The zero-order valence-corrected chi connectivity index (χ0v) is 21.1. The fraction of sp³-hybridized carbons (Fsp3) is 0.0588. The standard InChI is InChI=1S/C34H25O2P/c1-3-11-24(12-4-1)23-32(25-13-5-2-6-14-25)37(30-21-9-17-26-15-7-19-28(35-37)33(26)30)31-22-10-18-27-16-8-20-29(36-37)34(27)31/h1-22,32H,23H2. The molecule has 3 heteroatoms. The molecule has 2 heterocycles. The molecular weight excluding hydrogens is 471 g/mol. The van der Waals surface area contributed by atoms with Crippen LogP contribution in [0.2, 0.25) is 0 Å². The number of fused-ring (bicyclic) bond motifs is 2. The summed E-state index contributed by atoms with van der Waals surface area (Å²) in [5.41, 5.74) is 2.47. The zero-order valence-electron chi connectivity index (χ0n) is 20.2. The monoisotopic (exact) mass is 496 g/mol. The van der Waals surface area contributed by atoms with E-state index in [1.165, 1.54) is 43.3 Å². The third kappa shape index (κ3) is 2.64. The predicted molar refractivity (Wildman–Crippen MR) is 155 cm³/mol. The van der Waals surface area contributed by atoms with Crippen LogP contribution in [-0.4, -0.2) is 0 Å². The van der Waals surface area contributed by atoms with Crippen LogP contribution in [0.5, 0.6) is 11.5 Å². The van der Waals surface area contributed by atoms with Crippen molar-refractivity contribution in [3.63, 3.8) is 0 Å². The Kier molecular flexibility index (Phi) is 4.23. The molecule has 8 rings (SSSR count). The summed E-state index contributed by atoms with van der Waals surface area (Å²) >= 11 is 0. The van der Waals surface area contributed by atoms with Gasteiger partial charge in [-0.2, -0.15) is 0 Å². The van der Waals surface area contributed by atoms with Crippen LogP contribution in [0.25, 0.3) is 21.5 Å². The molecule has 1 atom stereocenters. The molecular formula is C34H25O2P. The van der Waals surface area contributed by atoms with E-state index in [4.69, 9.17) is 9.05 Å². The van der Waals surface area contributed by atoms with Gasteiger partial charge in [-0.05, 0) is 0 Å². The van der Waals surface area contributed by atoms with Gasteiger partial charge in [-0.1, -0.05) is 0 Å². The molecule has 6 aromatic rings. The summed E-state index contributed by atoms with van der Waals surface area (Å²) in [6.45, 7) is 0. The second-order valence-electron chi connectivity index (χ2n) is 10.1. The Balaban J connectivity index is 1.55. The van der Waals surface area contributed by atoms with Gasteiger partial charge >= 0.3 is 216 Å². The van der Waals surface area contributed by atoms with Crippen LogP contribution in [0.15, 0.2) is 133 Å². The fourth-order valence-corrected chi connectivity index (χ4v) is 12.7. The third-order valence-corrected chi connectivity index (χ3v) is 13.5. The van der Waals surface area contributed by atoms with Crippen LogP contribution in [0.3, 0.4) is 0 Å². The van der Waals surface area contributed by atoms with E-state index in [0.29, 0.717) is 0 Å². The van der Waals surface area contributed by atoms with E-state index in [1.807, 2.05) is 0 Å². The van der Waals surface area contributed by atoms with Crippen molar-refractivity contribution in [2.75, 3.05) is 0 Å². The van der Waals surface area contributed by atoms with Crippen LogP contribution < -0.4 is 19.7 Å². The molecule has 0 fully saturated rings. The molecule has 2 aliphatic heterocycles. The summed E-state index contributed by atoms with van der Waals surface area (Å²) in [6, 6.07) is 47.6.